The molecule has 0 amide bonds. The van der Waals surface area contributed by atoms with E-state index in [-0.39, 0.29) is 12.6 Å². The molecule has 1 aromatic heterocycles. The predicted octanol–water partition coefficient (Wildman–Crippen LogP) is 1.31. The van der Waals surface area contributed by atoms with Gasteiger partial charge in [0.1, 0.15) is 0 Å². The average Bonchev–Trinajstić information content (AvgIpc) is 2.09. The molecule has 0 saturated carbocycles. The fourth-order valence-corrected chi connectivity index (χ4v) is 0.971. The van der Waals surface area contributed by atoms with Gasteiger partial charge in [-0.25, -0.2) is 9.97 Å². The molecule has 0 aromatic carbocycles. The second-order valence-electron chi connectivity index (χ2n) is 2.78. The Hall–Kier alpha value is -0.870. The minimum absolute atomic E-state index is 0.155. The van der Waals surface area contributed by atoms with E-state index in [2.05, 4.69) is 15.3 Å². The van der Waals surface area contributed by atoms with E-state index in [1.54, 1.807) is 0 Å². The van der Waals surface area contributed by atoms with E-state index >= 15 is 0 Å². The highest BCUT2D eigenvalue weighted by Crippen LogP contribution is 2.07. The molecule has 1 heterocycles. The summed E-state index contributed by atoms with van der Waals surface area (Å²) in [5, 5.41) is 12.2. The van der Waals surface area contributed by atoms with Gasteiger partial charge in [0.25, 0.3) is 0 Å². The standard InChI is InChI=1S/C8H12ClN3O/c1-6(2-3-13)12-8-10-4-7(9)5-11-8/h4-6,13H,2-3H2,1H3,(H,10,11,12)/t6-/m1/s1. The van der Waals surface area contributed by atoms with Crippen LogP contribution in [0.25, 0.3) is 0 Å². The van der Waals surface area contributed by atoms with Gasteiger partial charge >= 0.3 is 0 Å². The first-order valence-corrected chi connectivity index (χ1v) is 4.45. The summed E-state index contributed by atoms with van der Waals surface area (Å²) in [6, 6.07) is 0.158. The Morgan fingerprint density at radius 2 is 2.15 bits per heavy atom. The lowest BCUT2D eigenvalue weighted by atomic mass is 10.2. The van der Waals surface area contributed by atoms with Crippen LogP contribution in [-0.4, -0.2) is 27.7 Å². The number of aliphatic hydroxyl groups excluding tert-OH is 1. The molecule has 0 aliphatic carbocycles. The van der Waals surface area contributed by atoms with Crippen LogP contribution in [0.3, 0.4) is 0 Å². The maximum atomic E-state index is 8.66. The summed E-state index contributed by atoms with van der Waals surface area (Å²) < 4.78 is 0. The molecule has 5 heteroatoms. The molecule has 0 fully saturated rings. The molecule has 0 radical (unpaired) electrons. The van der Waals surface area contributed by atoms with Crippen LogP contribution in [-0.2, 0) is 0 Å². The van der Waals surface area contributed by atoms with Crippen molar-refractivity contribution in [1.82, 2.24) is 9.97 Å². The summed E-state index contributed by atoms with van der Waals surface area (Å²) >= 11 is 5.62. The summed E-state index contributed by atoms with van der Waals surface area (Å²) in [5.74, 6) is 0.533. The minimum atomic E-state index is 0.155. The maximum absolute atomic E-state index is 8.66. The minimum Gasteiger partial charge on any atom is -0.396 e. The Labute approximate surface area is 82.0 Å². The Bertz CT molecular complexity index is 252. The van der Waals surface area contributed by atoms with E-state index in [1.165, 1.54) is 12.4 Å². The van der Waals surface area contributed by atoms with Crippen LogP contribution >= 0.6 is 11.6 Å². The summed E-state index contributed by atoms with van der Waals surface area (Å²) in [7, 11) is 0. The van der Waals surface area contributed by atoms with Crippen molar-refractivity contribution in [2.45, 2.75) is 19.4 Å². The number of aromatic nitrogens is 2. The molecule has 0 spiro atoms. The topological polar surface area (TPSA) is 58.0 Å². The SMILES string of the molecule is C[C@H](CCO)Nc1ncc(Cl)cn1. The van der Waals surface area contributed by atoms with Crippen molar-refractivity contribution in [3.8, 4) is 0 Å². The Morgan fingerprint density at radius 1 is 1.54 bits per heavy atom. The molecule has 0 aliphatic rings. The van der Waals surface area contributed by atoms with Gasteiger partial charge in [0.05, 0.1) is 17.4 Å². The van der Waals surface area contributed by atoms with E-state index in [1.807, 2.05) is 6.92 Å². The van der Waals surface area contributed by atoms with Gasteiger partial charge in [-0.3, -0.25) is 0 Å². The number of nitrogens with one attached hydrogen (secondary N) is 1. The number of anilines is 1. The van der Waals surface area contributed by atoms with E-state index in [0.29, 0.717) is 17.4 Å². The van der Waals surface area contributed by atoms with Crippen molar-refractivity contribution in [2.24, 2.45) is 0 Å². The molecule has 2 N–H and O–H groups in total. The third-order valence-electron chi connectivity index (χ3n) is 1.56. The van der Waals surface area contributed by atoms with Gasteiger partial charge in [-0.1, -0.05) is 11.6 Å². The van der Waals surface area contributed by atoms with Crippen molar-refractivity contribution < 1.29 is 5.11 Å². The third kappa shape index (κ3) is 3.57. The number of hydrogen-bond acceptors (Lipinski definition) is 4. The molecular weight excluding hydrogens is 190 g/mol. The Balaban J connectivity index is 2.49. The highest BCUT2D eigenvalue weighted by molar-refractivity contribution is 6.30. The van der Waals surface area contributed by atoms with Gasteiger partial charge < -0.3 is 10.4 Å². The van der Waals surface area contributed by atoms with Crippen molar-refractivity contribution in [1.29, 1.82) is 0 Å². The monoisotopic (exact) mass is 201 g/mol. The molecule has 72 valence electrons. The second-order valence-corrected chi connectivity index (χ2v) is 3.22. The van der Waals surface area contributed by atoms with Crippen LogP contribution in [0.5, 0.6) is 0 Å². The number of nitrogens with zero attached hydrogens (tertiary/aromatic N) is 2. The summed E-state index contributed by atoms with van der Waals surface area (Å²) in [6.45, 7) is 2.11. The van der Waals surface area contributed by atoms with Gasteiger partial charge in [-0.2, -0.15) is 0 Å². The van der Waals surface area contributed by atoms with Gasteiger partial charge in [0.15, 0.2) is 0 Å². The molecule has 4 nitrogen and oxygen atoms in total. The van der Waals surface area contributed by atoms with E-state index < -0.39 is 0 Å². The quantitative estimate of drug-likeness (QED) is 0.772. The molecule has 0 bridgehead atoms. The predicted molar refractivity (Wildman–Crippen MR) is 51.8 cm³/mol. The summed E-state index contributed by atoms with van der Waals surface area (Å²) in [4.78, 5) is 7.93. The lowest BCUT2D eigenvalue weighted by Gasteiger charge is -2.11. The van der Waals surface area contributed by atoms with Crippen molar-refractivity contribution >= 4 is 17.5 Å². The fourth-order valence-electron chi connectivity index (χ4n) is 0.873. The largest absolute Gasteiger partial charge is 0.396 e. The summed E-state index contributed by atoms with van der Waals surface area (Å²) in [5.41, 5.74) is 0. The molecular formula is C8H12ClN3O. The molecule has 1 rings (SSSR count). The van der Waals surface area contributed by atoms with Crippen LogP contribution in [0.15, 0.2) is 12.4 Å². The Kier molecular flexibility index (Phi) is 3.92. The number of aliphatic hydroxyl groups is 1. The highest BCUT2D eigenvalue weighted by Gasteiger charge is 2.02. The van der Waals surface area contributed by atoms with Crippen LogP contribution in [0, 0.1) is 0 Å². The van der Waals surface area contributed by atoms with Gasteiger partial charge in [0, 0.05) is 12.6 Å². The smallest absolute Gasteiger partial charge is 0.222 e. The number of hydrogen-bond donors (Lipinski definition) is 2. The number of rotatable bonds is 4. The van der Waals surface area contributed by atoms with Crippen LogP contribution in [0.2, 0.25) is 5.02 Å². The molecule has 0 saturated heterocycles. The lowest BCUT2D eigenvalue weighted by Crippen LogP contribution is -2.18. The first-order chi connectivity index (χ1) is 6.22. The van der Waals surface area contributed by atoms with E-state index in [4.69, 9.17) is 16.7 Å². The molecule has 0 unspecified atom stereocenters. The van der Waals surface area contributed by atoms with Gasteiger partial charge in [0.2, 0.25) is 5.95 Å². The van der Waals surface area contributed by atoms with Crippen molar-refractivity contribution in [3.05, 3.63) is 17.4 Å². The second kappa shape index (κ2) is 4.99. The average molecular weight is 202 g/mol. The van der Waals surface area contributed by atoms with Crippen LogP contribution < -0.4 is 5.32 Å². The van der Waals surface area contributed by atoms with Crippen LogP contribution in [0.1, 0.15) is 13.3 Å². The third-order valence-corrected chi connectivity index (χ3v) is 1.75. The Morgan fingerprint density at radius 3 is 2.69 bits per heavy atom. The van der Waals surface area contributed by atoms with Crippen molar-refractivity contribution in [2.75, 3.05) is 11.9 Å². The van der Waals surface area contributed by atoms with Gasteiger partial charge in [-0.15, -0.1) is 0 Å². The van der Waals surface area contributed by atoms with Gasteiger partial charge in [-0.05, 0) is 13.3 Å². The molecule has 13 heavy (non-hydrogen) atoms. The molecule has 1 aromatic rings. The highest BCUT2D eigenvalue weighted by atomic mass is 35.5. The molecule has 1 atom stereocenters. The zero-order valence-electron chi connectivity index (χ0n) is 7.37. The first-order valence-electron chi connectivity index (χ1n) is 4.07. The number of halogens is 1. The first kappa shape index (κ1) is 10.2. The summed E-state index contributed by atoms with van der Waals surface area (Å²) in [6.07, 6.45) is 3.73. The van der Waals surface area contributed by atoms with Crippen molar-refractivity contribution in [3.63, 3.8) is 0 Å². The lowest BCUT2D eigenvalue weighted by molar-refractivity contribution is 0.282. The van der Waals surface area contributed by atoms with Crippen LogP contribution in [0.4, 0.5) is 5.95 Å². The molecule has 0 aliphatic heterocycles. The normalized spacial score (nSPS) is 12.5. The van der Waals surface area contributed by atoms with E-state index in [0.717, 1.165) is 0 Å². The maximum Gasteiger partial charge on any atom is 0.222 e. The zero-order chi connectivity index (χ0) is 9.68. The zero-order valence-corrected chi connectivity index (χ0v) is 8.12. The van der Waals surface area contributed by atoms with E-state index in [9.17, 15) is 0 Å². The fraction of sp³-hybridized carbons (Fsp3) is 0.500.